The number of nitrogens with zero attached hydrogens (tertiary/aromatic N) is 3. The Morgan fingerprint density at radius 3 is 2.22 bits per heavy atom. The summed E-state index contributed by atoms with van der Waals surface area (Å²) in [6.07, 6.45) is 0.503. The minimum atomic E-state index is -1.56. The van der Waals surface area contributed by atoms with E-state index in [4.69, 9.17) is 16.6 Å². The van der Waals surface area contributed by atoms with E-state index in [0.29, 0.717) is 16.9 Å². The van der Waals surface area contributed by atoms with Gasteiger partial charge in [-0.3, -0.25) is 33.8 Å². The number of carbonyl (C=O) groups excluding carboxylic acids is 4. The molecule has 0 spiro atoms. The van der Waals surface area contributed by atoms with Crippen molar-refractivity contribution in [2.24, 2.45) is 5.73 Å². The summed E-state index contributed by atoms with van der Waals surface area (Å²) >= 11 is 3.87. The molecule has 0 saturated carbocycles. The average molecular weight is 730 g/mol. The van der Waals surface area contributed by atoms with Crippen molar-refractivity contribution in [1.29, 1.82) is 0 Å². The number of nitrogens with two attached hydrogens (primary N) is 2. The molecule has 20 nitrogen and oxygen atoms in total. The summed E-state index contributed by atoms with van der Waals surface area (Å²) in [6.45, 7) is 1.81. The highest BCUT2D eigenvalue weighted by molar-refractivity contribution is 7.80. The van der Waals surface area contributed by atoms with Crippen LogP contribution in [0.3, 0.4) is 0 Å². The Balaban J connectivity index is 1.50. The highest BCUT2D eigenvalue weighted by Gasteiger charge is 2.30. The second-order valence-electron chi connectivity index (χ2n) is 11.3. The van der Waals surface area contributed by atoms with Gasteiger partial charge in [-0.2, -0.15) is 17.6 Å². The van der Waals surface area contributed by atoms with Gasteiger partial charge >= 0.3 is 11.9 Å². The predicted octanol–water partition coefficient (Wildman–Crippen LogP) is -1.90. The molecule has 0 bridgehead atoms. The zero-order valence-corrected chi connectivity index (χ0v) is 28.2. The second kappa shape index (κ2) is 18.8. The number of H-pyrrole nitrogens is 1. The number of amides is 4. The minimum absolute atomic E-state index is 0.0457. The molecular weight excluding hydrogens is 690 g/mol. The van der Waals surface area contributed by atoms with E-state index < -0.39 is 71.7 Å². The van der Waals surface area contributed by atoms with Crippen LogP contribution in [0.1, 0.15) is 48.7 Å². The molecule has 0 unspecified atom stereocenters. The molecule has 1 aromatic carbocycles. The van der Waals surface area contributed by atoms with E-state index in [1.165, 1.54) is 6.20 Å². The van der Waals surface area contributed by atoms with Crippen LogP contribution in [-0.4, -0.2) is 102 Å². The van der Waals surface area contributed by atoms with E-state index in [2.05, 4.69) is 59.1 Å². The fourth-order valence-corrected chi connectivity index (χ4v) is 4.78. The Hall–Kier alpha value is -5.83. The topological polar surface area (TPSA) is 327 Å². The molecule has 0 saturated heterocycles. The van der Waals surface area contributed by atoms with Crippen LogP contribution in [-0.2, 0) is 30.5 Å². The summed E-state index contributed by atoms with van der Waals surface area (Å²) in [6, 6.07) is 1.77. The van der Waals surface area contributed by atoms with Gasteiger partial charge in [0, 0.05) is 29.5 Å². The number of carbonyl (C=O) groups is 6. The summed E-state index contributed by atoms with van der Waals surface area (Å²) in [5.74, 6) is -6.00. The molecule has 21 heteroatoms. The van der Waals surface area contributed by atoms with Gasteiger partial charge < -0.3 is 48.3 Å². The third-order valence-electron chi connectivity index (χ3n) is 7.20. The number of hydrogen-bond acceptors (Lipinski definition) is 14. The van der Waals surface area contributed by atoms with E-state index in [-0.39, 0.29) is 55.2 Å². The molecule has 0 aliphatic rings. The highest BCUT2D eigenvalue weighted by atomic mass is 32.1. The summed E-state index contributed by atoms with van der Waals surface area (Å²) in [4.78, 5) is 100. The third-order valence-corrected chi connectivity index (χ3v) is 7.57. The lowest BCUT2D eigenvalue weighted by Gasteiger charge is -2.23. The molecule has 2 heterocycles. The van der Waals surface area contributed by atoms with Crippen LogP contribution < -0.4 is 43.6 Å². The SMILES string of the molecule is C[C@H](CCC(=O)N[C@@H](CC(=O)O)C(=O)N[C@@H](CCN)C(=O)N[C@@H](CS)C(=O)O)NC(=O)c1ccc(NCc2cnc3nc(N)[nH]c(=O)c3n2)cc1. The maximum atomic E-state index is 12.9. The molecule has 0 radical (unpaired) electrons. The van der Waals surface area contributed by atoms with Gasteiger partial charge in [-0.05, 0) is 50.6 Å². The van der Waals surface area contributed by atoms with Crippen LogP contribution >= 0.6 is 12.6 Å². The Bertz CT molecular complexity index is 1810. The number of aromatic nitrogens is 4. The van der Waals surface area contributed by atoms with Gasteiger partial charge in [0.25, 0.3) is 11.5 Å². The smallest absolute Gasteiger partial charge is 0.327 e. The average Bonchev–Trinajstić information content (AvgIpc) is 3.08. The first kappa shape index (κ1) is 39.6. The summed E-state index contributed by atoms with van der Waals surface area (Å²) in [5.41, 5.74) is 12.1. The van der Waals surface area contributed by atoms with Crippen LogP contribution in [0.2, 0.25) is 0 Å². The Morgan fingerprint density at radius 2 is 1.59 bits per heavy atom. The van der Waals surface area contributed by atoms with Gasteiger partial charge in [-0.25, -0.2) is 14.8 Å². The maximum Gasteiger partial charge on any atom is 0.327 e. The number of benzene rings is 1. The maximum absolute atomic E-state index is 12.9. The van der Waals surface area contributed by atoms with Crippen molar-refractivity contribution in [3.63, 3.8) is 0 Å². The lowest BCUT2D eigenvalue weighted by molar-refractivity contribution is -0.142. The number of carboxylic acids is 2. The molecule has 4 atom stereocenters. The van der Waals surface area contributed by atoms with E-state index >= 15 is 0 Å². The first-order valence-corrected chi connectivity index (χ1v) is 16.2. The predicted molar refractivity (Wildman–Crippen MR) is 186 cm³/mol. The van der Waals surface area contributed by atoms with E-state index in [1.54, 1.807) is 31.2 Å². The molecule has 12 N–H and O–H groups in total. The normalized spacial score (nSPS) is 13.2. The van der Waals surface area contributed by atoms with Crippen LogP contribution in [0.25, 0.3) is 11.2 Å². The molecule has 3 aromatic rings. The largest absolute Gasteiger partial charge is 0.481 e. The number of rotatable bonds is 19. The van der Waals surface area contributed by atoms with Crippen molar-refractivity contribution >= 4 is 71.0 Å². The molecule has 4 amide bonds. The molecule has 0 aliphatic carbocycles. The van der Waals surface area contributed by atoms with Crippen LogP contribution in [0.5, 0.6) is 0 Å². The van der Waals surface area contributed by atoms with Crippen molar-refractivity contribution in [2.45, 2.75) is 63.3 Å². The molecule has 51 heavy (non-hydrogen) atoms. The third kappa shape index (κ3) is 12.2. The van der Waals surface area contributed by atoms with Crippen LogP contribution in [0, 0.1) is 0 Å². The van der Waals surface area contributed by atoms with Gasteiger partial charge in [-0.15, -0.1) is 0 Å². The van der Waals surface area contributed by atoms with Crippen LogP contribution in [0.4, 0.5) is 11.6 Å². The molecular formula is C30H39N11O9S. The number of anilines is 2. The quantitative estimate of drug-likeness (QED) is 0.0600. The van der Waals surface area contributed by atoms with Crippen molar-refractivity contribution in [3.05, 3.63) is 52.1 Å². The number of aliphatic carboxylic acids is 2. The monoisotopic (exact) mass is 729 g/mol. The van der Waals surface area contributed by atoms with Crippen molar-refractivity contribution in [3.8, 4) is 0 Å². The van der Waals surface area contributed by atoms with Gasteiger partial charge in [-0.1, -0.05) is 0 Å². The van der Waals surface area contributed by atoms with Crippen molar-refractivity contribution < 1.29 is 39.0 Å². The van der Waals surface area contributed by atoms with Crippen molar-refractivity contribution in [1.82, 2.24) is 41.2 Å². The Kier molecular flexibility index (Phi) is 14.6. The first-order chi connectivity index (χ1) is 24.2. The van der Waals surface area contributed by atoms with E-state index in [9.17, 15) is 38.7 Å². The summed E-state index contributed by atoms with van der Waals surface area (Å²) in [7, 11) is 0. The zero-order chi connectivity index (χ0) is 37.7. The summed E-state index contributed by atoms with van der Waals surface area (Å²) < 4.78 is 0. The molecule has 3 rings (SSSR count). The molecule has 0 fully saturated rings. The van der Waals surface area contributed by atoms with E-state index in [1.807, 2.05) is 0 Å². The number of thiol groups is 1. The Labute approximate surface area is 295 Å². The number of nitrogen functional groups attached to an aromatic ring is 1. The fraction of sp³-hybridized carbons (Fsp3) is 0.400. The Morgan fingerprint density at radius 1 is 0.922 bits per heavy atom. The number of aromatic amines is 1. The lowest BCUT2D eigenvalue weighted by atomic mass is 10.1. The van der Waals surface area contributed by atoms with Crippen molar-refractivity contribution in [2.75, 3.05) is 23.3 Å². The van der Waals surface area contributed by atoms with Gasteiger partial charge in [0.2, 0.25) is 23.7 Å². The highest BCUT2D eigenvalue weighted by Crippen LogP contribution is 2.12. The fourth-order valence-electron chi connectivity index (χ4n) is 4.53. The van der Waals surface area contributed by atoms with Gasteiger partial charge in [0.05, 0.1) is 24.9 Å². The first-order valence-electron chi connectivity index (χ1n) is 15.5. The molecule has 0 aliphatic heterocycles. The minimum Gasteiger partial charge on any atom is -0.481 e. The standard InChI is InChI=1S/C30H39N11O9S/c1-14(2-7-21(42)37-19(10-22(43)44)27(47)38-18(8-9-31)26(46)39-20(13-51)29(49)50)35-25(45)15-3-5-16(6-4-15)33-11-17-12-34-24-23(36-17)28(48)41-30(32)40-24/h3-6,12,14,18-20,33,51H,2,7-11,13,31H2,1H3,(H,35,45)(H,37,42)(H,38,47)(H,39,46)(H,43,44)(H,49,50)(H3,32,34,40,41,48)/t14-,18+,19+,20+/m1/s1. The number of nitrogens with one attached hydrogen (secondary N) is 6. The number of fused-ring (bicyclic) bond motifs is 1. The zero-order valence-electron chi connectivity index (χ0n) is 27.3. The lowest BCUT2D eigenvalue weighted by Crippen LogP contribution is -2.56. The number of hydrogen-bond donors (Lipinski definition) is 11. The summed E-state index contributed by atoms with van der Waals surface area (Å²) in [5, 5.41) is 31.2. The van der Waals surface area contributed by atoms with E-state index in [0.717, 1.165) is 0 Å². The van der Waals surface area contributed by atoms with Crippen LogP contribution in [0.15, 0.2) is 35.3 Å². The number of carboxylic acid groups (broad SMARTS) is 2. The second-order valence-corrected chi connectivity index (χ2v) is 11.6. The van der Waals surface area contributed by atoms with Gasteiger partial charge in [0.1, 0.15) is 18.1 Å². The van der Waals surface area contributed by atoms with Gasteiger partial charge in [0.15, 0.2) is 11.2 Å². The molecule has 2 aromatic heterocycles. The molecule has 274 valence electrons.